The van der Waals surface area contributed by atoms with Gasteiger partial charge < -0.3 is 5.32 Å². The van der Waals surface area contributed by atoms with Gasteiger partial charge in [-0.3, -0.25) is 4.79 Å². The normalized spacial score (nSPS) is 16.4. The Hall–Kier alpha value is -1.73. The van der Waals surface area contributed by atoms with Gasteiger partial charge in [-0.05, 0) is 42.0 Å². The van der Waals surface area contributed by atoms with E-state index in [0.717, 1.165) is 30.6 Å². The van der Waals surface area contributed by atoms with Crippen molar-refractivity contribution in [2.75, 3.05) is 6.54 Å². The van der Waals surface area contributed by atoms with E-state index in [4.69, 9.17) is 0 Å². The SMILES string of the molecule is O=C(NCC(c1ccc(F)cc1)S(=O)(=O)c1cccs1)C1CCC1. The summed E-state index contributed by atoms with van der Waals surface area (Å²) in [4.78, 5) is 12.1. The Morgan fingerprint density at radius 3 is 2.50 bits per heavy atom. The molecule has 1 N–H and O–H groups in total. The molecule has 1 atom stereocenters. The predicted octanol–water partition coefficient (Wildman–Crippen LogP) is 3.32. The summed E-state index contributed by atoms with van der Waals surface area (Å²) < 4.78 is 39.2. The van der Waals surface area contributed by atoms with Gasteiger partial charge in [0.1, 0.15) is 15.3 Å². The fourth-order valence-corrected chi connectivity index (χ4v) is 5.52. The van der Waals surface area contributed by atoms with Crippen LogP contribution in [0.4, 0.5) is 4.39 Å². The molecule has 1 saturated carbocycles. The van der Waals surface area contributed by atoms with Gasteiger partial charge >= 0.3 is 0 Å². The van der Waals surface area contributed by atoms with Crippen molar-refractivity contribution in [3.05, 3.63) is 53.2 Å². The summed E-state index contributed by atoms with van der Waals surface area (Å²) in [6.45, 7) is -0.0127. The Morgan fingerprint density at radius 2 is 1.96 bits per heavy atom. The second-order valence-corrected chi connectivity index (χ2v) is 9.20. The zero-order valence-electron chi connectivity index (χ0n) is 12.9. The topological polar surface area (TPSA) is 63.2 Å². The largest absolute Gasteiger partial charge is 0.354 e. The minimum Gasteiger partial charge on any atom is -0.354 e. The molecule has 1 aliphatic carbocycles. The van der Waals surface area contributed by atoms with Gasteiger partial charge in [0.25, 0.3) is 0 Å². The lowest BCUT2D eigenvalue weighted by molar-refractivity contribution is -0.127. The number of halogens is 1. The molecule has 7 heteroatoms. The van der Waals surface area contributed by atoms with Crippen molar-refractivity contribution < 1.29 is 17.6 Å². The molecule has 3 rings (SSSR count). The maximum Gasteiger partial charge on any atom is 0.223 e. The van der Waals surface area contributed by atoms with Gasteiger partial charge in [-0.15, -0.1) is 11.3 Å². The molecule has 1 unspecified atom stereocenters. The molecule has 0 spiro atoms. The zero-order chi connectivity index (χ0) is 17.2. The molecule has 128 valence electrons. The Bertz CT molecular complexity index is 797. The van der Waals surface area contributed by atoms with Gasteiger partial charge in [0.2, 0.25) is 5.91 Å². The molecule has 1 aromatic carbocycles. The lowest BCUT2D eigenvalue weighted by Crippen LogP contribution is -2.38. The van der Waals surface area contributed by atoms with Gasteiger partial charge in [0, 0.05) is 12.5 Å². The van der Waals surface area contributed by atoms with Gasteiger partial charge in [0.05, 0.1) is 0 Å². The van der Waals surface area contributed by atoms with E-state index in [-0.39, 0.29) is 22.6 Å². The molecule has 0 radical (unpaired) electrons. The van der Waals surface area contributed by atoms with Crippen LogP contribution in [-0.4, -0.2) is 20.9 Å². The Kier molecular flexibility index (Phi) is 5.01. The lowest BCUT2D eigenvalue weighted by Gasteiger charge is -2.25. The van der Waals surface area contributed by atoms with E-state index in [9.17, 15) is 17.6 Å². The molecular formula is C17H18FNO3S2. The number of sulfone groups is 1. The van der Waals surface area contributed by atoms with Crippen LogP contribution >= 0.6 is 11.3 Å². The van der Waals surface area contributed by atoms with Crippen LogP contribution in [0.3, 0.4) is 0 Å². The quantitative estimate of drug-likeness (QED) is 0.852. The van der Waals surface area contributed by atoms with Gasteiger partial charge in [-0.2, -0.15) is 0 Å². The van der Waals surface area contributed by atoms with Crippen molar-refractivity contribution in [1.29, 1.82) is 0 Å². The van der Waals surface area contributed by atoms with Crippen LogP contribution in [0.25, 0.3) is 0 Å². The van der Waals surface area contributed by atoms with E-state index in [1.165, 1.54) is 24.3 Å². The molecule has 1 aromatic heterocycles. The molecule has 2 aromatic rings. The molecule has 0 aliphatic heterocycles. The smallest absolute Gasteiger partial charge is 0.223 e. The molecule has 24 heavy (non-hydrogen) atoms. The van der Waals surface area contributed by atoms with Gasteiger partial charge in [-0.1, -0.05) is 24.6 Å². The molecule has 0 saturated heterocycles. The monoisotopic (exact) mass is 367 g/mol. The lowest BCUT2D eigenvalue weighted by atomic mass is 9.85. The highest BCUT2D eigenvalue weighted by Gasteiger charge is 2.32. The number of rotatable bonds is 6. The predicted molar refractivity (Wildman–Crippen MR) is 91.0 cm³/mol. The molecule has 0 bridgehead atoms. The first kappa shape index (κ1) is 17.1. The molecule has 1 aliphatic rings. The Balaban J connectivity index is 1.85. The zero-order valence-corrected chi connectivity index (χ0v) is 14.6. The maximum atomic E-state index is 13.2. The highest BCUT2D eigenvalue weighted by Crippen LogP contribution is 2.32. The minimum atomic E-state index is -3.65. The average molecular weight is 367 g/mol. The summed E-state index contributed by atoms with van der Waals surface area (Å²) in [5.41, 5.74) is 0.471. The second-order valence-electron chi connectivity index (χ2n) is 5.89. The van der Waals surface area contributed by atoms with Crippen LogP contribution in [0, 0.1) is 11.7 Å². The van der Waals surface area contributed by atoms with Crippen molar-refractivity contribution in [2.24, 2.45) is 5.92 Å². The summed E-state index contributed by atoms with van der Waals surface area (Å²) in [6.07, 6.45) is 2.74. The molecule has 1 amide bonds. The van der Waals surface area contributed by atoms with E-state index in [1.54, 1.807) is 17.5 Å². The highest BCUT2D eigenvalue weighted by molar-refractivity contribution is 7.93. The summed E-state index contributed by atoms with van der Waals surface area (Å²) in [5.74, 6) is -0.539. The van der Waals surface area contributed by atoms with Crippen molar-refractivity contribution >= 4 is 27.1 Å². The highest BCUT2D eigenvalue weighted by atomic mass is 32.2. The van der Waals surface area contributed by atoms with Crippen molar-refractivity contribution in [2.45, 2.75) is 28.7 Å². The Labute approximate surface area is 144 Å². The van der Waals surface area contributed by atoms with E-state index in [1.807, 2.05) is 0 Å². The minimum absolute atomic E-state index is 0.0108. The molecule has 1 fully saturated rings. The maximum absolute atomic E-state index is 13.2. The van der Waals surface area contributed by atoms with E-state index in [0.29, 0.717) is 5.56 Å². The first-order valence-corrected chi connectivity index (χ1v) is 10.2. The number of hydrogen-bond donors (Lipinski definition) is 1. The van der Waals surface area contributed by atoms with Crippen LogP contribution < -0.4 is 5.32 Å². The third-order valence-corrected chi connectivity index (χ3v) is 7.86. The summed E-state index contributed by atoms with van der Waals surface area (Å²) in [7, 11) is -3.65. The number of carbonyl (C=O) groups is 1. The van der Waals surface area contributed by atoms with E-state index in [2.05, 4.69) is 5.32 Å². The fourth-order valence-electron chi connectivity index (χ4n) is 2.66. The molecular weight excluding hydrogens is 349 g/mol. The van der Waals surface area contributed by atoms with E-state index >= 15 is 0 Å². The summed E-state index contributed by atoms with van der Waals surface area (Å²) in [5, 5.41) is 3.52. The van der Waals surface area contributed by atoms with Crippen LogP contribution in [0.15, 0.2) is 46.0 Å². The first-order valence-electron chi connectivity index (χ1n) is 7.79. The fraction of sp³-hybridized carbons (Fsp3) is 0.353. The summed E-state index contributed by atoms with van der Waals surface area (Å²) >= 11 is 1.14. The van der Waals surface area contributed by atoms with Crippen LogP contribution in [0.5, 0.6) is 0 Å². The third kappa shape index (κ3) is 3.52. The van der Waals surface area contributed by atoms with Crippen LogP contribution in [0.2, 0.25) is 0 Å². The summed E-state index contributed by atoms with van der Waals surface area (Å²) in [6, 6.07) is 8.61. The van der Waals surface area contributed by atoms with Crippen molar-refractivity contribution in [3.63, 3.8) is 0 Å². The second kappa shape index (κ2) is 7.03. The number of nitrogens with one attached hydrogen (secondary N) is 1. The van der Waals surface area contributed by atoms with Crippen molar-refractivity contribution in [1.82, 2.24) is 5.32 Å². The Morgan fingerprint density at radius 1 is 1.25 bits per heavy atom. The third-order valence-electron chi connectivity index (χ3n) is 4.33. The first-order chi connectivity index (χ1) is 11.5. The van der Waals surface area contributed by atoms with Gasteiger partial charge in [-0.25, -0.2) is 12.8 Å². The average Bonchev–Trinajstić information content (AvgIpc) is 3.02. The number of carbonyl (C=O) groups excluding carboxylic acids is 1. The van der Waals surface area contributed by atoms with Crippen LogP contribution in [-0.2, 0) is 14.6 Å². The number of thiophene rings is 1. The number of amides is 1. The molecule has 1 heterocycles. The number of benzene rings is 1. The number of hydrogen-bond acceptors (Lipinski definition) is 4. The standard InChI is InChI=1S/C17H18FNO3S2/c18-14-8-6-12(7-9-14)15(11-19-17(20)13-3-1-4-13)24(21,22)16-5-2-10-23-16/h2,5-10,13,15H,1,3-4,11H2,(H,19,20). The molecule has 4 nitrogen and oxygen atoms in total. The van der Waals surface area contributed by atoms with Crippen LogP contribution in [0.1, 0.15) is 30.1 Å². The van der Waals surface area contributed by atoms with E-state index < -0.39 is 20.9 Å². The van der Waals surface area contributed by atoms with Crippen molar-refractivity contribution in [3.8, 4) is 0 Å². The van der Waals surface area contributed by atoms with Gasteiger partial charge in [0.15, 0.2) is 9.84 Å².